The third-order valence-corrected chi connectivity index (χ3v) is 6.17. The number of rotatable bonds is 7. The molecule has 0 aliphatic carbocycles. The van der Waals surface area contributed by atoms with Gasteiger partial charge in [-0.15, -0.1) is 0 Å². The van der Waals surface area contributed by atoms with Crippen molar-refractivity contribution >= 4 is 33.0 Å². The zero-order chi connectivity index (χ0) is 14.6. The Bertz CT molecular complexity index is 514. The van der Waals surface area contributed by atoms with Gasteiger partial charge in [0.05, 0.1) is 5.69 Å². The monoisotopic (exact) mass is 325 g/mol. The van der Waals surface area contributed by atoms with E-state index in [0.29, 0.717) is 18.3 Å². The van der Waals surface area contributed by atoms with Crippen molar-refractivity contribution in [3.05, 3.63) is 10.2 Å². The number of hydrogen-bond acceptors (Lipinski definition) is 5. The summed E-state index contributed by atoms with van der Waals surface area (Å²) < 4.78 is 27.1. The van der Waals surface area contributed by atoms with Gasteiger partial charge in [0, 0.05) is 12.6 Å². The zero-order valence-corrected chi connectivity index (χ0v) is 14.0. The lowest BCUT2D eigenvalue weighted by molar-refractivity contribution is 0.271. The minimum atomic E-state index is -3.49. The smallest absolute Gasteiger partial charge is 0.251 e. The van der Waals surface area contributed by atoms with Crippen LogP contribution in [0.25, 0.3) is 0 Å². The second-order valence-electron chi connectivity index (χ2n) is 4.67. The summed E-state index contributed by atoms with van der Waals surface area (Å²) in [7, 11) is -1.47. The summed E-state index contributed by atoms with van der Waals surface area (Å²) in [6.07, 6.45) is 0.763. The fraction of sp³-hybridized carbons (Fsp3) is 0.727. The maximum Gasteiger partial charge on any atom is 0.251 e. The molecule has 0 unspecified atom stereocenters. The molecule has 1 heterocycles. The lowest BCUT2D eigenvalue weighted by Gasteiger charge is -2.20. The molecule has 0 saturated heterocycles. The molecule has 5 nitrogen and oxygen atoms in total. The van der Waals surface area contributed by atoms with Crippen molar-refractivity contribution in [3.8, 4) is 0 Å². The van der Waals surface area contributed by atoms with E-state index in [0.717, 1.165) is 24.3 Å². The van der Waals surface area contributed by atoms with Crippen LogP contribution in [0.2, 0.25) is 4.47 Å². The molecule has 0 radical (unpaired) electrons. The summed E-state index contributed by atoms with van der Waals surface area (Å²) in [6, 6.07) is 0.458. The molecule has 0 amide bonds. The molecule has 0 aliphatic rings. The van der Waals surface area contributed by atoms with Gasteiger partial charge in [-0.25, -0.2) is 18.1 Å². The number of hydrogen-bond donors (Lipinski definition) is 1. The van der Waals surface area contributed by atoms with Gasteiger partial charge >= 0.3 is 0 Å². The zero-order valence-electron chi connectivity index (χ0n) is 11.6. The van der Waals surface area contributed by atoms with Crippen molar-refractivity contribution < 1.29 is 8.42 Å². The van der Waals surface area contributed by atoms with Gasteiger partial charge in [0.1, 0.15) is 0 Å². The van der Waals surface area contributed by atoms with Crippen LogP contribution in [-0.2, 0) is 10.0 Å². The van der Waals surface area contributed by atoms with Gasteiger partial charge in [-0.05, 0) is 40.8 Å². The topological polar surface area (TPSA) is 62.3 Å². The first-order chi connectivity index (χ1) is 8.74. The quantitative estimate of drug-likeness (QED) is 0.780. The number of nitrogens with zero attached hydrogens (tertiary/aromatic N) is 2. The second-order valence-corrected chi connectivity index (χ2v) is 8.21. The first-order valence-electron chi connectivity index (χ1n) is 6.07. The van der Waals surface area contributed by atoms with Crippen LogP contribution in [0.3, 0.4) is 0 Å². The van der Waals surface area contributed by atoms with E-state index in [-0.39, 0.29) is 8.68 Å². The largest absolute Gasteiger partial charge is 0.304 e. The van der Waals surface area contributed by atoms with E-state index in [1.165, 1.54) is 0 Å². The molecule has 0 fully saturated rings. The summed E-state index contributed by atoms with van der Waals surface area (Å²) in [5.74, 6) is 0. The summed E-state index contributed by atoms with van der Waals surface area (Å²) in [4.78, 5) is 6.08. The summed E-state index contributed by atoms with van der Waals surface area (Å²) in [5.41, 5.74) is 0.446. The van der Waals surface area contributed by atoms with Gasteiger partial charge in [-0.1, -0.05) is 22.9 Å². The molecule has 0 spiro atoms. The molecular weight excluding hydrogens is 306 g/mol. The molecule has 1 aromatic rings. The molecule has 19 heavy (non-hydrogen) atoms. The number of nitrogens with one attached hydrogen (secondary N) is 1. The molecular formula is C11H20ClN3O2S2. The highest BCUT2D eigenvalue weighted by atomic mass is 35.5. The van der Waals surface area contributed by atoms with E-state index in [2.05, 4.69) is 28.5 Å². The number of halogens is 1. The van der Waals surface area contributed by atoms with Crippen LogP contribution in [0.4, 0.5) is 0 Å². The van der Waals surface area contributed by atoms with Crippen molar-refractivity contribution in [2.24, 2.45) is 0 Å². The molecule has 0 aromatic carbocycles. The maximum absolute atomic E-state index is 12.0. The van der Waals surface area contributed by atoms with Crippen LogP contribution in [0.5, 0.6) is 0 Å². The Balaban J connectivity index is 2.51. The van der Waals surface area contributed by atoms with Gasteiger partial charge in [-0.2, -0.15) is 0 Å². The Morgan fingerprint density at radius 2 is 2.11 bits per heavy atom. The lowest BCUT2D eigenvalue weighted by Crippen LogP contribution is -2.31. The molecule has 8 heteroatoms. The number of aryl methyl sites for hydroxylation is 1. The molecule has 1 aromatic heterocycles. The molecule has 1 rings (SSSR count). The standard InChI is InChI=1S/C11H20ClN3O2S2/c1-8(2)15(4)7-5-6-13-19(16,17)10-9(3)14-11(12)18-10/h8,13H,5-7H2,1-4H3. The molecule has 0 atom stereocenters. The Hall–Kier alpha value is -0.210. The van der Waals surface area contributed by atoms with E-state index in [1.807, 2.05) is 7.05 Å². The number of sulfonamides is 1. The Morgan fingerprint density at radius 3 is 2.58 bits per heavy atom. The minimum Gasteiger partial charge on any atom is -0.304 e. The summed E-state index contributed by atoms with van der Waals surface area (Å²) in [6.45, 7) is 7.11. The normalized spacial score (nSPS) is 12.6. The first-order valence-corrected chi connectivity index (χ1v) is 8.74. The van der Waals surface area contributed by atoms with Gasteiger partial charge in [0.15, 0.2) is 8.68 Å². The SMILES string of the molecule is Cc1nc(Cl)sc1S(=O)(=O)NCCCN(C)C(C)C. The number of thiazole rings is 1. The van der Waals surface area contributed by atoms with E-state index in [4.69, 9.17) is 11.6 Å². The lowest BCUT2D eigenvalue weighted by atomic mass is 10.3. The van der Waals surface area contributed by atoms with Crippen molar-refractivity contribution in [2.45, 2.75) is 37.4 Å². The molecule has 0 saturated carbocycles. The van der Waals surface area contributed by atoms with Crippen LogP contribution >= 0.6 is 22.9 Å². The van der Waals surface area contributed by atoms with Crippen LogP contribution in [0.1, 0.15) is 26.0 Å². The second kappa shape index (κ2) is 6.99. The highest BCUT2D eigenvalue weighted by molar-refractivity contribution is 7.91. The van der Waals surface area contributed by atoms with Gasteiger partial charge in [0.2, 0.25) is 0 Å². The summed E-state index contributed by atoms with van der Waals surface area (Å²) in [5, 5.41) is 0. The highest BCUT2D eigenvalue weighted by Crippen LogP contribution is 2.26. The number of aromatic nitrogens is 1. The van der Waals surface area contributed by atoms with Crippen molar-refractivity contribution in [1.29, 1.82) is 0 Å². The predicted octanol–water partition coefficient (Wildman–Crippen LogP) is 2.11. The molecule has 1 N–H and O–H groups in total. The Kier molecular flexibility index (Phi) is 6.19. The third kappa shape index (κ3) is 5.00. The average molecular weight is 326 g/mol. The summed E-state index contributed by atoms with van der Waals surface area (Å²) >= 11 is 6.70. The molecule has 110 valence electrons. The fourth-order valence-electron chi connectivity index (χ4n) is 1.46. The van der Waals surface area contributed by atoms with Crippen molar-refractivity contribution in [1.82, 2.24) is 14.6 Å². The van der Waals surface area contributed by atoms with Crippen LogP contribution in [0, 0.1) is 6.92 Å². The van der Waals surface area contributed by atoms with Crippen molar-refractivity contribution in [2.75, 3.05) is 20.1 Å². The van der Waals surface area contributed by atoms with Gasteiger partial charge in [0.25, 0.3) is 10.0 Å². The Morgan fingerprint density at radius 1 is 1.47 bits per heavy atom. The van der Waals surface area contributed by atoms with E-state index >= 15 is 0 Å². The molecule has 0 bridgehead atoms. The van der Waals surface area contributed by atoms with Crippen LogP contribution < -0.4 is 4.72 Å². The maximum atomic E-state index is 12.0. The first kappa shape index (κ1) is 16.8. The minimum absolute atomic E-state index is 0.203. The van der Waals surface area contributed by atoms with E-state index in [9.17, 15) is 8.42 Å². The van der Waals surface area contributed by atoms with E-state index < -0.39 is 10.0 Å². The average Bonchev–Trinajstić information content (AvgIpc) is 2.64. The van der Waals surface area contributed by atoms with Gasteiger partial charge in [-0.3, -0.25) is 0 Å². The Labute approximate surface area is 124 Å². The highest BCUT2D eigenvalue weighted by Gasteiger charge is 2.20. The van der Waals surface area contributed by atoms with Crippen LogP contribution in [0.15, 0.2) is 4.21 Å². The van der Waals surface area contributed by atoms with E-state index in [1.54, 1.807) is 6.92 Å². The van der Waals surface area contributed by atoms with Crippen LogP contribution in [-0.4, -0.2) is 44.5 Å². The fourth-order valence-corrected chi connectivity index (χ4v) is 4.31. The predicted molar refractivity (Wildman–Crippen MR) is 79.4 cm³/mol. The van der Waals surface area contributed by atoms with Crippen molar-refractivity contribution in [3.63, 3.8) is 0 Å². The van der Waals surface area contributed by atoms with Gasteiger partial charge < -0.3 is 4.90 Å². The molecule has 0 aliphatic heterocycles. The third-order valence-electron chi connectivity index (χ3n) is 2.83.